The van der Waals surface area contributed by atoms with Gasteiger partial charge in [-0.05, 0) is 63.9 Å². The van der Waals surface area contributed by atoms with Gasteiger partial charge in [-0.1, -0.05) is 6.07 Å². The minimum Gasteiger partial charge on any atom is -0.365 e. The van der Waals surface area contributed by atoms with Crippen LogP contribution in [0, 0.1) is 13.8 Å². The standard InChI is InChI=1S/C15H24N2/c1-11-7-12(2)9-15(8-11)17-13(3)5-6-16-10-14(17)4/h7-9,13-14,16H,5-6,10H2,1-4H3. The molecule has 2 nitrogen and oxygen atoms in total. The molecular formula is C15H24N2. The summed E-state index contributed by atoms with van der Waals surface area (Å²) in [7, 11) is 0. The van der Waals surface area contributed by atoms with Crippen LogP contribution in [0.4, 0.5) is 5.69 Å². The van der Waals surface area contributed by atoms with E-state index in [0.29, 0.717) is 12.1 Å². The lowest BCUT2D eigenvalue weighted by Gasteiger charge is -2.35. The summed E-state index contributed by atoms with van der Waals surface area (Å²) in [5.41, 5.74) is 4.10. The van der Waals surface area contributed by atoms with Gasteiger partial charge in [0, 0.05) is 24.3 Å². The summed E-state index contributed by atoms with van der Waals surface area (Å²) in [6.45, 7) is 11.2. The molecule has 1 aliphatic heterocycles. The number of nitrogens with one attached hydrogen (secondary N) is 1. The molecule has 0 bridgehead atoms. The average molecular weight is 232 g/mol. The third-order valence-electron chi connectivity index (χ3n) is 3.63. The Labute approximate surface area is 105 Å². The summed E-state index contributed by atoms with van der Waals surface area (Å²) in [6.07, 6.45) is 1.22. The number of hydrogen-bond donors (Lipinski definition) is 1. The first-order valence-electron chi connectivity index (χ1n) is 6.65. The molecule has 17 heavy (non-hydrogen) atoms. The van der Waals surface area contributed by atoms with Gasteiger partial charge < -0.3 is 10.2 Å². The van der Waals surface area contributed by atoms with Crippen LogP contribution in [0.2, 0.25) is 0 Å². The van der Waals surface area contributed by atoms with E-state index in [1.54, 1.807) is 0 Å². The summed E-state index contributed by atoms with van der Waals surface area (Å²) in [5.74, 6) is 0. The summed E-state index contributed by atoms with van der Waals surface area (Å²) in [5, 5.41) is 3.51. The predicted molar refractivity (Wildman–Crippen MR) is 74.8 cm³/mol. The second-order valence-corrected chi connectivity index (χ2v) is 5.44. The molecule has 1 saturated heterocycles. The molecule has 0 saturated carbocycles. The van der Waals surface area contributed by atoms with E-state index in [0.717, 1.165) is 13.1 Å². The average Bonchev–Trinajstić information content (AvgIpc) is 2.38. The van der Waals surface area contributed by atoms with Gasteiger partial charge in [-0.3, -0.25) is 0 Å². The van der Waals surface area contributed by atoms with Gasteiger partial charge >= 0.3 is 0 Å². The third-order valence-corrected chi connectivity index (χ3v) is 3.63. The molecule has 2 rings (SSSR count). The van der Waals surface area contributed by atoms with E-state index in [9.17, 15) is 0 Å². The van der Waals surface area contributed by atoms with Crippen LogP contribution in [0.5, 0.6) is 0 Å². The fourth-order valence-electron chi connectivity index (χ4n) is 2.90. The lowest BCUT2D eigenvalue weighted by Crippen LogP contribution is -2.42. The Morgan fingerprint density at radius 1 is 1.06 bits per heavy atom. The van der Waals surface area contributed by atoms with Gasteiger partial charge in [0.1, 0.15) is 0 Å². The van der Waals surface area contributed by atoms with E-state index in [1.165, 1.54) is 23.2 Å². The highest BCUT2D eigenvalue weighted by molar-refractivity contribution is 5.52. The van der Waals surface area contributed by atoms with Crippen LogP contribution in [-0.4, -0.2) is 25.2 Å². The fourth-order valence-corrected chi connectivity index (χ4v) is 2.90. The fraction of sp³-hybridized carbons (Fsp3) is 0.600. The number of hydrogen-bond acceptors (Lipinski definition) is 2. The van der Waals surface area contributed by atoms with Crippen LogP contribution in [0.1, 0.15) is 31.4 Å². The molecule has 0 spiro atoms. The van der Waals surface area contributed by atoms with E-state index in [4.69, 9.17) is 0 Å². The highest BCUT2D eigenvalue weighted by Crippen LogP contribution is 2.25. The second kappa shape index (κ2) is 5.09. The van der Waals surface area contributed by atoms with Crippen molar-refractivity contribution in [2.75, 3.05) is 18.0 Å². The molecule has 0 aliphatic carbocycles. The number of anilines is 1. The van der Waals surface area contributed by atoms with E-state index in [1.807, 2.05) is 0 Å². The molecule has 1 aliphatic rings. The third kappa shape index (κ3) is 2.81. The minimum atomic E-state index is 0.564. The Kier molecular flexibility index (Phi) is 3.72. The molecule has 2 heteroatoms. The second-order valence-electron chi connectivity index (χ2n) is 5.44. The monoisotopic (exact) mass is 232 g/mol. The minimum absolute atomic E-state index is 0.564. The molecule has 1 N–H and O–H groups in total. The maximum Gasteiger partial charge on any atom is 0.0389 e. The topological polar surface area (TPSA) is 15.3 Å². The Morgan fingerprint density at radius 3 is 2.35 bits per heavy atom. The van der Waals surface area contributed by atoms with Crippen molar-refractivity contribution in [2.45, 2.75) is 46.2 Å². The van der Waals surface area contributed by atoms with Gasteiger partial charge in [-0.25, -0.2) is 0 Å². The van der Waals surface area contributed by atoms with Crippen molar-refractivity contribution in [3.8, 4) is 0 Å². The highest BCUT2D eigenvalue weighted by atomic mass is 15.2. The van der Waals surface area contributed by atoms with Crippen LogP contribution in [-0.2, 0) is 0 Å². The predicted octanol–water partition coefficient (Wildman–Crippen LogP) is 2.88. The molecule has 94 valence electrons. The molecule has 2 unspecified atom stereocenters. The molecule has 0 aromatic heterocycles. The van der Waals surface area contributed by atoms with E-state index < -0.39 is 0 Å². The maximum absolute atomic E-state index is 3.51. The molecule has 1 aromatic rings. The lowest BCUT2D eigenvalue weighted by molar-refractivity contribution is 0.575. The van der Waals surface area contributed by atoms with Crippen molar-refractivity contribution in [3.05, 3.63) is 29.3 Å². The van der Waals surface area contributed by atoms with E-state index >= 15 is 0 Å². The Hall–Kier alpha value is -1.02. The molecule has 1 aromatic carbocycles. The smallest absolute Gasteiger partial charge is 0.0389 e. The van der Waals surface area contributed by atoms with Gasteiger partial charge in [-0.15, -0.1) is 0 Å². The van der Waals surface area contributed by atoms with Crippen LogP contribution >= 0.6 is 0 Å². The normalized spacial score (nSPS) is 25.8. The first-order valence-corrected chi connectivity index (χ1v) is 6.65. The van der Waals surface area contributed by atoms with Crippen LogP contribution in [0.15, 0.2) is 18.2 Å². The number of benzene rings is 1. The lowest BCUT2D eigenvalue weighted by atomic mass is 10.1. The number of rotatable bonds is 1. The Bertz CT molecular complexity index is 354. The zero-order valence-electron chi connectivity index (χ0n) is 11.5. The van der Waals surface area contributed by atoms with Crippen molar-refractivity contribution in [1.29, 1.82) is 0 Å². The van der Waals surface area contributed by atoms with Crippen molar-refractivity contribution < 1.29 is 0 Å². The van der Waals surface area contributed by atoms with Gasteiger partial charge in [-0.2, -0.15) is 0 Å². The molecule has 1 heterocycles. The van der Waals surface area contributed by atoms with Gasteiger partial charge in [0.05, 0.1) is 0 Å². The Balaban J connectivity index is 2.34. The van der Waals surface area contributed by atoms with Gasteiger partial charge in [0.15, 0.2) is 0 Å². The molecule has 2 atom stereocenters. The first kappa shape index (κ1) is 12.4. The van der Waals surface area contributed by atoms with Crippen molar-refractivity contribution in [3.63, 3.8) is 0 Å². The van der Waals surface area contributed by atoms with Crippen LogP contribution < -0.4 is 10.2 Å². The summed E-state index contributed by atoms with van der Waals surface area (Å²) >= 11 is 0. The van der Waals surface area contributed by atoms with E-state index in [-0.39, 0.29) is 0 Å². The zero-order valence-corrected chi connectivity index (χ0v) is 11.5. The van der Waals surface area contributed by atoms with Gasteiger partial charge in [0.25, 0.3) is 0 Å². The van der Waals surface area contributed by atoms with Crippen molar-refractivity contribution in [2.24, 2.45) is 0 Å². The summed E-state index contributed by atoms with van der Waals surface area (Å²) in [6, 6.07) is 8.04. The molecule has 0 radical (unpaired) electrons. The van der Waals surface area contributed by atoms with Gasteiger partial charge in [0.2, 0.25) is 0 Å². The summed E-state index contributed by atoms with van der Waals surface area (Å²) in [4.78, 5) is 2.57. The highest BCUT2D eigenvalue weighted by Gasteiger charge is 2.23. The SMILES string of the molecule is Cc1cc(C)cc(N2C(C)CCNCC2C)c1. The maximum atomic E-state index is 3.51. The molecule has 0 amide bonds. The van der Waals surface area contributed by atoms with Crippen molar-refractivity contribution >= 4 is 5.69 Å². The number of aryl methyl sites for hydroxylation is 2. The quantitative estimate of drug-likeness (QED) is 0.801. The van der Waals surface area contributed by atoms with Crippen molar-refractivity contribution in [1.82, 2.24) is 5.32 Å². The van der Waals surface area contributed by atoms with E-state index in [2.05, 4.69) is 56.1 Å². The largest absolute Gasteiger partial charge is 0.365 e. The Morgan fingerprint density at radius 2 is 1.71 bits per heavy atom. The number of nitrogens with zero attached hydrogens (tertiary/aromatic N) is 1. The first-order chi connectivity index (χ1) is 8.08. The zero-order chi connectivity index (χ0) is 12.4. The molecular weight excluding hydrogens is 208 g/mol. The summed E-state index contributed by atoms with van der Waals surface area (Å²) < 4.78 is 0. The molecule has 1 fully saturated rings. The van der Waals surface area contributed by atoms with Crippen LogP contribution in [0.25, 0.3) is 0 Å². The van der Waals surface area contributed by atoms with Crippen LogP contribution in [0.3, 0.4) is 0 Å².